The molecule has 4 nitrogen and oxygen atoms in total. The van der Waals surface area contributed by atoms with E-state index in [0.717, 1.165) is 0 Å². The van der Waals surface area contributed by atoms with Crippen LogP contribution in [0.1, 0.15) is 10.4 Å². The molecule has 0 atom stereocenters. The molecule has 2 aromatic rings. The van der Waals surface area contributed by atoms with Crippen LogP contribution in [0, 0.1) is 5.82 Å². The van der Waals surface area contributed by atoms with E-state index in [-0.39, 0.29) is 21.0 Å². The molecule has 7 heteroatoms. The summed E-state index contributed by atoms with van der Waals surface area (Å²) in [5, 5.41) is 9.84. The number of carbonyl (C=O) groups excluding carboxylic acids is 1. The van der Waals surface area contributed by atoms with Crippen molar-refractivity contribution >= 4 is 39.3 Å². The molecule has 0 aliphatic carbocycles. The van der Waals surface area contributed by atoms with Gasteiger partial charge in [0, 0.05) is 0 Å². The smallest absolute Gasteiger partial charge is 0.259 e. The number of amides is 1. The molecule has 0 saturated heterocycles. The second-order valence-electron chi connectivity index (χ2n) is 3.30. The van der Waals surface area contributed by atoms with Gasteiger partial charge < -0.3 is 5.32 Å². The first-order valence-corrected chi connectivity index (χ1v) is 5.99. The number of nitrogens with one attached hydrogen (secondary N) is 1. The lowest BCUT2D eigenvalue weighted by Gasteiger charge is -2.05. The summed E-state index contributed by atoms with van der Waals surface area (Å²) in [6.45, 7) is 0. The van der Waals surface area contributed by atoms with E-state index >= 15 is 0 Å². The van der Waals surface area contributed by atoms with Crippen LogP contribution in [-0.2, 0) is 0 Å². The minimum absolute atomic E-state index is 0.0823. The molecular weight excluding hydrogens is 324 g/mol. The molecule has 1 N–H and O–H groups in total. The lowest BCUT2D eigenvalue weighted by Crippen LogP contribution is -2.15. The van der Waals surface area contributed by atoms with Crippen LogP contribution in [0.5, 0.6) is 0 Å². The Balaban J connectivity index is 2.22. The number of carbonyl (C=O) groups is 1. The Hall–Kier alpha value is -1.53. The molecule has 0 saturated carbocycles. The average molecular weight is 331 g/mol. The first kappa shape index (κ1) is 12.9. The van der Waals surface area contributed by atoms with Crippen LogP contribution < -0.4 is 5.32 Å². The lowest BCUT2D eigenvalue weighted by atomic mass is 10.2. The molecule has 0 fully saturated rings. The number of nitrogens with zero attached hydrogens (tertiary/aromatic N) is 2. The van der Waals surface area contributed by atoms with Crippen LogP contribution >= 0.6 is 27.5 Å². The van der Waals surface area contributed by atoms with E-state index < -0.39 is 11.7 Å². The Morgan fingerprint density at radius 2 is 2.06 bits per heavy atom. The van der Waals surface area contributed by atoms with Crippen molar-refractivity contribution in [1.29, 1.82) is 0 Å². The van der Waals surface area contributed by atoms with E-state index in [2.05, 4.69) is 31.4 Å². The van der Waals surface area contributed by atoms with E-state index in [1.54, 1.807) is 6.07 Å². The van der Waals surface area contributed by atoms with Crippen molar-refractivity contribution in [3.8, 4) is 0 Å². The third kappa shape index (κ3) is 2.83. The summed E-state index contributed by atoms with van der Waals surface area (Å²) < 4.78 is 13.9. The summed E-state index contributed by atoms with van der Waals surface area (Å²) in [6, 6.07) is 7.40. The summed E-state index contributed by atoms with van der Waals surface area (Å²) in [5.41, 5.74) is -0.0823. The number of aromatic nitrogens is 2. The first-order chi connectivity index (χ1) is 8.58. The second-order valence-corrected chi connectivity index (χ2v) is 4.54. The highest BCUT2D eigenvalue weighted by molar-refractivity contribution is 9.10. The lowest BCUT2D eigenvalue weighted by molar-refractivity contribution is 0.102. The highest BCUT2D eigenvalue weighted by atomic mass is 79.9. The molecule has 1 amide bonds. The molecule has 0 radical (unpaired) electrons. The van der Waals surface area contributed by atoms with Crippen molar-refractivity contribution in [2.75, 3.05) is 5.32 Å². The zero-order valence-electron chi connectivity index (χ0n) is 8.82. The van der Waals surface area contributed by atoms with E-state index in [9.17, 15) is 9.18 Å². The zero-order chi connectivity index (χ0) is 13.1. The summed E-state index contributed by atoms with van der Waals surface area (Å²) in [5.74, 6) is -1.04. The number of anilines is 1. The fourth-order valence-electron chi connectivity index (χ4n) is 1.25. The summed E-state index contributed by atoms with van der Waals surface area (Å²) >= 11 is 8.57. The topological polar surface area (TPSA) is 54.9 Å². The fourth-order valence-corrected chi connectivity index (χ4v) is 1.71. The van der Waals surface area contributed by atoms with E-state index in [0.29, 0.717) is 0 Å². The maximum absolute atomic E-state index is 13.7. The number of hydrogen-bond acceptors (Lipinski definition) is 3. The van der Waals surface area contributed by atoms with Gasteiger partial charge in [-0.25, -0.2) is 4.39 Å². The maximum Gasteiger partial charge on any atom is 0.259 e. The summed E-state index contributed by atoms with van der Waals surface area (Å²) in [7, 11) is 0. The Morgan fingerprint density at radius 1 is 1.28 bits per heavy atom. The molecule has 1 heterocycles. The van der Waals surface area contributed by atoms with Crippen LogP contribution in [0.2, 0.25) is 5.15 Å². The summed E-state index contributed by atoms with van der Waals surface area (Å²) in [6.07, 6.45) is 0. The van der Waals surface area contributed by atoms with E-state index in [4.69, 9.17) is 11.6 Å². The standard InChI is InChI=1S/C11H6BrClFN3O/c12-7-3-1-2-6(10(7)14)11(18)15-9-5-4-8(13)16-17-9/h1-5H,(H,15,17,18). The molecule has 1 aromatic heterocycles. The van der Waals surface area contributed by atoms with Gasteiger partial charge >= 0.3 is 0 Å². The molecule has 1 aromatic carbocycles. The molecule has 0 bridgehead atoms. The monoisotopic (exact) mass is 329 g/mol. The Labute approximate surface area is 115 Å². The zero-order valence-corrected chi connectivity index (χ0v) is 11.2. The van der Waals surface area contributed by atoms with Crippen LogP contribution in [-0.4, -0.2) is 16.1 Å². The number of rotatable bonds is 2. The van der Waals surface area contributed by atoms with Crippen LogP contribution in [0.3, 0.4) is 0 Å². The maximum atomic E-state index is 13.7. The Kier molecular flexibility index (Phi) is 3.88. The van der Waals surface area contributed by atoms with Crippen LogP contribution in [0.25, 0.3) is 0 Å². The second kappa shape index (κ2) is 5.41. The quantitative estimate of drug-likeness (QED) is 0.919. The van der Waals surface area contributed by atoms with Gasteiger partial charge in [-0.3, -0.25) is 4.79 Å². The third-order valence-corrected chi connectivity index (χ3v) is 2.88. The normalized spacial score (nSPS) is 10.2. The van der Waals surface area contributed by atoms with Crippen LogP contribution in [0.15, 0.2) is 34.8 Å². The number of hydrogen-bond donors (Lipinski definition) is 1. The predicted molar refractivity (Wildman–Crippen MR) is 69.1 cm³/mol. The SMILES string of the molecule is O=C(Nc1ccc(Cl)nn1)c1cccc(Br)c1F. The minimum Gasteiger partial charge on any atom is -0.305 e. The fraction of sp³-hybridized carbons (Fsp3) is 0. The van der Waals surface area contributed by atoms with Crippen molar-refractivity contribution in [2.45, 2.75) is 0 Å². The van der Waals surface area contributed by atoms with Gasteiger partial charge in [0.05, 0.1) is 10.0 Å². The molecule has 0 aliphatic rings. The van der Waals surface area contributed by atoms with Crippen molar-refractivity contribution in [2.24, 2.45) is 0 Å². The number of halogens is 3. The molecular formula is C11H6BrClFN3O. The third-order valence-electron chi connectivity index (χ3n) is 2.07. The Bertz CT molecular complexity index is 591. The highest BCUT2D eigenvalue weighted by Gasteiger charge is 2.14. The molecule has 2 rings (SSSR count). The van der Waals surface area contributed by atoms with Gasteiger partial charge in [-0.15, -0.1) is 10.2 Å². The van der Waals surface area contributed by atoms with Gasteiger partial charge in [0.15, 0.2) is 11.0 Å². The van der Waals surface area contributed by atoms with Gasteiger partial charge in [0.25, 0.3) is 5.91 Å². The highest BCUT2D eigenvalue weighted by Crippen LogP contribution is 2.19. The molecule has 0 spiro atoms. The first-order valence-electron chi connectivity index (χ1n) is 4.82. The van der Waals surface area contributed by atoms with Crippen molar-refractivity contribution in [3.63, 3.8) is 0 Å². The van der Waals surface area contributed by atoms with Gasteiger partial charge in [0.2, 0.25) is 0 Å². The number of benzene rings is 1. The predicted octanol–water partition coefficient (Wildman–Crippen LogP) is 3.28. The van der Waals surface area contributed by atoms with Crippen molar-refractivity contribution < 1.29 is 9.18 Å². The van der Waals surface area contributed by atoms with Gasteiger partial charge in [-0.1, -0.05) is 17.7 Å². The molecule has 18 heavy (non-hydrogen) atoms. The summed E-state index contributed by atoms with van der Waals surface area (Å²) in [4.78, 5) is 11.8. The van der Waals surface area contributed by atoms with Gasteiger partial charge in [0.1, 0.15) is 5.82 Å². The van der Waals surface area contributed by atoms with Crippen LogP contribution in [0.4, 0.5) is 10.2 Å². The molecule has 92 valence electrons. The minimum atomic E-state index is -0.628. The molecule has 0 aliphatic heterocycles. The van der Waals surface area contributed by atoms with Crippen molar-refractivity contribution in [1.82, 2.24) is 10.2 Å². The van der Waals surface area contributed by atoms with Gasteiger partial charge in [-0.2, -0.15) is 0 Å². The van der Waals surface area contributed by atoms with E-state index in [1.807, 2.05) is 0 Å². The van der Waals surface area contributed by atoms with Gasteiger partial charge in [-0.05, 0) is 40.2 Å². The van der Waals surface area contributed by atoms with E-state index in [1.165, 1.54) is 24.3 Å². The van der Waals surface area contributed by atoms with Crippen molar-refractivity contribution in [3.05, 3.63) is 51.3 Å². The molecule has 0 unspecified atom stereocenters. The average Bonchev–Trinajstić information content (AvgIpc) is 2.35. The largest absolute Gasteiger partial charge is 0.305 e. The Morgan fingerprint density at radius 3 is 2.72 bits per heavy atom.